The predicted molar refractivity (Wildman–Crippen MR) is 44.6 cm³/mol. The largest absolute Gasteiger partial charge is 0.394 e. The molecule has 0 radical (unpaired) electrons. The van der Waals surface area contributed by atoms with Gasteiger partial charge in [-0.2, -0.15) is 0 Å². The summed E-state index contributed by atoms with van der Waals surface area (Å²) in [5, 5.41) is 11.2. The molecule has 11 heavy (non-hydrogen) atoms. The van der Waals surface area contributed by atoms with Gasteiger partial charge in [0.1, 0.15) is 5.88 Å². The predicted octanol–water partition coefficient (Wildman–Crippen LogP) is 0.278. The minimum absolute atomic E-state index is 0.0753. The molecule has 0 aliphatic heterocycles. The summed E-state index contributed by atoms with van der Waals surface area (Å²) in [6.07, 6.45) is 3.46. The molecule has 4 heteroatoms. The normalized spacial score (nSPS) is 13.4. The van der Waals surface area contributed by atoms with Crippen molar-refractivity contribution in [2.24, 2.45) is 0 Å². The maximum atomic E-state index is 10.7. The number of carbonyl (C=O) groups excluding carboxylic acids is 1. The zero-order chi connectivity index (χ0) is 8.69. The SMILES string of the molecule is C/C=C/[C@H](CO)NC(=O)CCl. The number of nitrogens with one attached hydrogen (secondary N) is 1. The van der Waals surface area contributed by atoms with Crippen molar-refractivity contribution in [2.45, 2.75) is 13.0 Å². The summed E-state index contributed by atoms with van der Waals surface area (Å²) in [7, 11) is 0. The zero-order valence-corrected chi connectivity index (χ0v) is 7.14. The first-order valence-corrected chi connectivity index (χ1v) is 3.87. The van der Waals surface area contributed by atoms with Gasteiger partial charge < -0.3 is 10.4 Å². The van der Waals surface area contributed by atoms with Crippen molar-refractivity contribution in [1.29, 1.82) is 0 Å². The lowest BCUT2D eigenvalue weighted by atomic mass is 10.3. The summed E-state index contributed by atoms with van der Waals surface area (Å²) in [4.78, 5) is 10.7. The molecule has 0 rings (SSSR count). The third-order valence-corrected chi connectivity index (χ3v) is 1.33. The number of rotatable bonds is 4. The van der Waals surface area contributed by atoms with Gasteiger partial charge in [0.25, 0.3) is 0 Å². The molecule has 0 aliphatic rings. The molecule has 0 unspecified atom stereocenters. The standard InChI is InChI=1S/C7H12ClNO2/c1-2-3-6(5-10)9-7(11)4-8/h2-3,6,10H,4-5H2,1H3,(H,9,11)/b3-2+/t6-/m1/s1. The van der Waals surface area contributed by atoms with Gasteiger partial charge in [-0.25, -0.2) is 0 Å². The van der Waals surface area contributed by atoms with E-state index < -0.39 is 0 Å². The van der Waals surface area contributed by atoms with E-state index in [1.165, 1.54) is 0 Å². The number of amides is 1. The first-order chi connectivity index (χ1) is 5.24. The molecule has 0 aliphatic carbocycles. The lowest BCUT2D eigenvalue weighted by Gasteiger charge is -2.09. The smallest absolute Gasteiger partial charge is 0.235 e. The first kappa shape index (κ1) is 10.5. The van der Waals surface area contributed by atoms with Crippen LogP contribution >= 0.6 is 11.6 Å². The van der Waals surface area contributed by atoms with Gasteiger partial charge in [-0.05, 0) is 6.92 Å². The Morgan fingerprint density at radius 3 is 2.82 bits per heavy atom. The summed E-state index contributed by atoms with van der Waals surface area (Å²) >= 11 is 5.24. The molecule has 1 atom stereocenters. The van der Waals surface area contributed by atoms with Crippen molar-refractivity contribution in [3.8, 4) is 0 Å². The third-order valence-electron chi connectivity index (χ3n) is 1.09. The highest BCUT2D eigenvalue weighted by atomic mass is 35.5. The van der Waals surface area contributed by atoms with Crippen LogP contribution in [0.1, 0.15) is 6.92 Å². The van der Waals surface area contributed by atoms with Crippen LogP contribution in [0.25, 0.3) is 0 Å². The lowest BCUT2D eigenvalue weighted by molar-refractivity contribution is -0.119. The van der Waals surface area contributed by atoms with Gasteiger partial charge in [-0.1, -0.05) is 12.2 Å². The average molecular weight is 178 g/mol. The Morgan fingerprint density at radius 2 is 2.45 bits per heavy atom. The number of hydrogen-bond donors (Lipinski definition) is 2. The molecule has 0 fully saturated rings. The van der Waals surface area contributed by atoms with E-state index in [1.54, 1.807) is 12.2 Å². The van der Waals surface area contributed by atoms with Crippen molar-refractivity contribution < 1.29 is 9.90 Å². The molecule has 0 aromatic heterocycles. The molecule has 3 nitrogen and oxygen atoms in total. The van der Waals surface area contributed by atoms with Crippen molar-refractivity contribution in [3.63, 3.8) is 0 Å². The highest BCUT2D eigenvalue weighted by molar-refractivity contribution is 6.27. The Bertz CT molecular complexity index is 147. The van der Waals surface area contributed by atoms with Crippen LogP contribution in [0.15, 0.2) is 12.2 Å². The molecule has 0 saturated carbocycles. The van der Waals surface area contributed by atoms with Crippen LogP contribution in [0.2, 0.25) is 0 Å². The van der Waals surface area contributed by atoms with Crippen LogP contribution in [-0.4, -0.2) is 29.5 Å². The van der Waals surface area contributed by atoms with Crippen LogP contribution < -0.4 is 5.32 Å². The van der Waals surface area contributed by atoms with Crippen LogP contribution in [-0.2, 0) is 4.79 Å². The second-order valence-electron chi connectivity index (χ2n) is 2.02. The Morgan fingerprint density at radius 1 is 1.82 bits per heavy atom. The summed E-state index contributed by atoms with van der Waals surface area (Å²) in [5.41, 5.74) is 0. The maximum Gasteiger partial charge on any atom is 0.235 e. The maximum absolute atomic E-state index is 10.7. The molecular weight excluding hydrogens is 166 g/mol. The van der Waals surface area contributed by atoms with Gasteiger partial charge in [0.2, 0.25) is 5.91 Å². The van der Waals surface area contributed by atoms with Gasteiger partial charge in [-0.15, -0.1) is 11.6 Å². The Kier molecular flexibility index (Phi) is 5.88. The van der Waals surface area contributed by atoms with E-state index >= 15 is 0 Å². The third kappa shape index (κ3) is 4.81. The van der Waals surface area contributed by atoms with E-state index in [2.05, 4.69) is 5.32 Å². The number of aliphatic hydroxyl groups is 1. The van der Waals surface area contributed by atoms with Gasteiger partial charge in [0.05, 0.1) is 12.6 Å². The van der Waals surface area contributed by atoms with Gasteiger partial charge in [0, 0.05) is 0 Å². The van der Waals surface area contributed by atoms with Gasteiger partial charge in [0.15, 0.2) is 0 Å². The zero-order valence-electron chi connectivity index (χ0n) is 6.38. The van der Waals surface area contributed by atoms with Crippen molar-refractivity contribution in [1.82, 2.24) is 5.32 Å². The van der Waals surface area contributed by atoms with E-state index in [0.717, 1.165) is 0 Å². The quantitative estimate of drug-likeness (QED) is 0.479. The molecule has 0 aromatic rings. The van der Waals surface area contributed by atoms with E-state index in [-0.39, 0.29) is 24.4 Å². The second-order valence-corrected chi connectivity index (χ2v) is 2.28. The second kappa shape index (κ2) is 6.19. The molecule has 64 valence electrons. The highest BCUT2D eigenvalue weighted by Crippen LogP contribution is 1.86. The monoisotopic (exact) mass is 177 g/mol. The molecule has 0 heterocycles. The minimum atomic E-state index is -0.314. The number of aliphatic hydroxyl groups excluding tert-OH is 1. The van der Waals surface area contributed by atoms with Crippen LogP contribution in [0.5, 0.6) is 0 Å². The fraction of sp³-hybridized carbons (Fsp3) is 0.571. The number of halogens is 1. The molecule has 0 saturated heterocycles. The van der Waals surface area contributed by atoms with Gasteiger partial charge >= 0.3 is 0 Å². The summed E-state index contributed by atoms with van der Waals surface area (Å²) in [5.74, 6) is -0.350. The molecule has 2 N–H and O–H groups in total. The van der Waals surface area contributed by atoms with Crippen molar-refractivity contribution >= 4 is 17.5 Å². The fourth-order valence-electron chi connectivity index (χ4n) is 0.632. The number of carbonyl (C=O) groups is 1. The number of allylic oxidation sites excluding steroid dienone is 1. The Balaban J connectivity index is 3.77. The number of alkyl halides is 1. The molecule has 0 aromatic carbocycles. The number of hydrogen-bond acceptors (Lipinski definition) is 2. The Labute approximate surface area is 71.0 Å². The van der Waals surface area contributed by atoms with Crippen LogP contribution in [0.4, 0.5) is 0 Å². The molecule has 1 amide bonds. The Hall–Kier alpha value is -0.540. The van der Waals surface area contributed by atoms with E-state index in [4.69, 9.17) is 16.7 Å². The van der Waals surface area contributed by atoms with Crippen molar-refractivity contribution in [2.75, 3.05) is 12.5 Å². The summed E-state index contributed by atoms with van der Waals surface area (Å²) < 4.78 is 0. The minimum Gasteiger partial charge on any atom is -0.394 e. The average Bonchev–Trinajstić information content (AvgIpc) is 2.03. The first-order valence-electron chi connectivity index (χ1n) is 3.33. The molecule has 0 spiro atoms. The van der Waals surface area contributed by atoms with Crippen LogP contribution in [0.3, 0.4) is 0 Å². The molecule has 0 bridgehead atoms. The van der Waals surface area contributed by atoms with Crippen LogP contribution in [0, 0.1) is 0 Å². The van der Waals surface area contributed by atoms with E-state index in [9.17, 15) is 4.79 Å². The molecular formula is C7H12ClNO2. The van der Waals surface area contributed by atoms with E-state index in [1.807, 2.05) is 6.92 Å². The summed E-state index contributed by atoms with van der Waals surface area (Å²) in [6.45, 7) is 1.71. The topological polar surface area (TPSA) is 49.3 Å². The fourth-order valence-corrected chi connectivity index (χ4v) is 0.709. The van der Waals surface area contributed by atoms with Crippen molar-refractivity contribution in [3.05, 3.63) is 12.2 Å². The highest BCUT2D eigenvalue weighted by Gasteiger charge is 2.05. The lowest BCUT2D eigenvalue weighted by Crippen LogP contribution is -2.36. The van der Waals surface area contributed by atoms with Gasteiger partial charge in [-0.3, -0.25) is 4.79 Å². The van der Waals surface area contributed by atoms with E-state index in [0.29, 0.717) is 0 Å². The summed E-state index contributed by atoms with van der Waals surface area (Å²) in [6, 6.07) is -0.314.